The highest BCUT2D eigenvalue weighted by Gasteiger charge is 2.40. The normalized spacial score (nSPS) is 22.5. The molecule has 0 aliphatic carbocycles. The second kappa shape index (κ2) is 8.85. The molecule has 0 radical (unpaired) electrons. The highest BCUT2D eigenvalue weighted by molar-refractivity contribution is 6.05. The maximum Gasteiger partial charge on any atom is 0.255 e. The molecule has 0 saturated carbocycles. The van der Waals surface area contributed by atoms with Crippen molar-refractivity contribution < 1.29 is 24.2 Å². The molecule has 1 unspecified atom stereocenters. The van der Waals surface area contributed by atoms with Gasteiger partial charge in [0.15, 0.2) is 0 Å². The first-order valence-electron chi connectivity index (χ1n) is 11.7. The fourth-order valence-electron chi connectivity index (χ4n) is 5.31. The molecule has 3 heterocycles. The number of nitrogens with zero attached hydrogens (tertiary/aromatic N) is 2. The fraction of sp³-hybridized carbons (Fsp3) is 0.423. The van der Waals surface area contributed by atoms with Gasteiger partial charge in [-0.15, -0.1) is 0 Å². The number of nitrogens with one attached hydrogen (secondary N) is 1. The molecule has 2 aromatic rings. The number of likely N-dealkylation sites (tertiary alicyclic amines) is 1. The summed E-state index contributed by atoms with van der Waals surface area (Å²) in [5.41, 5.74) is 2.35. The molecule has 2 saturated heterocycles. The highest BCUT2D eigenvalue weighted by atomic mass is 16.5. The molecule has 8 heteroatoms. The van der Waals surface area contributed by atoms with Crippen LogP contribution in [0.15, 0.2) is 42.5 Å². The summed E-state index contributed by atoms with van der Waals surface area (Å²) in [5.74, 6) is -0.0486. The zero-order valence-electron chi connectivity index (χ0n) is 19.3. The van der Waals surface area contributed by atoms with Crippen molar-refractivity contribution in [3.63, 3.8) is 0 Å². The van der Waals surface area contributed by atoms with Crippen molar-refractivity contribution in [2.45, 2.75) is 50.4 Å². The molecule has 2 N–H and O–H groups in total. The number of rotatable bonds is 5. The van der Waals surface area contributed by atoms with E-state index in [-0.39, 0.29) is 18.2 Å². The van der Waals surface area contributed by atoms with E-state index in [9.17, 15) is 19.5 Å². The van der Waals surface area contributed by atoms with Crippen LogP contribution in [0.5, 0.6) is 5.75 Å². The molecule has 8 nitrogen and oxygen atoms in total. The Kier molecular flexibility index (Phi) is 5.87. The van der Waals surface area contributed by atoms with E-state index in [0.717, 1.165) is 42.1 Å². The average Bonchev–Trinajstić information content (AvgIpc) is 3.16. The average molecular weight is 464 g/mol. The smallest absolute Gasteiger partial charge is 0.255 e. The number of carbonyl (C=O) groups excluding carboxylic acids is 3. The molecular weight excluding hydrogens is 434 g/mol. The van der Waals surface area contributed by atoms with Gasteiger partial charge in [0.1, 0.15) is 11.8 Å². The first-order chi connectivity index (χ1) is 16.4. The minimum absolute atomic E-state index is 0.199. The van der Waals surface area contributed by atoms with Crippen LogP contribution in [0.2, 0.25) is 0 Å². The highest BCUT2D eigenvalue weighted by Crippen LogP contribution is 2.37. The lowest BCUT2D eigenvalue weighted by Gasteiger charge is -2.39. The van der Waals surface area contributed by atoms with E-state index in [1.165, 1.54) is 4.90 Å². The maximum absolute atomic E-state index is 12.9. The van der Waals surface area contributed by atoms with Gasteiger partial charge in [-0.05, 0) is 42.5 Å². The molecule has 178 valence electrons. The number of ether oxygens (including phenoxy) is 1. The van der Waals surface area contributed by atoms with Crippen LogP contribution in [0, 0.1) is 0 Å². The number of aliphatic hydroxyl groups is 1. The number of para-hydroxylation sites is 1. The van der Waals surface area contributed by atoms with Crippen LogP contribution in [0.1, 0.15) is 52.7 Å². The molecular formula is C26H29N3O5. The molecule has 2 fully saturated rings. The van der Waals surface area contributed by atoms with Gasteiger partial charge in [-0.2, -0.15) is 0 Å². The number of piperidine rings is 2. The quantitative estimate of drug-likeness (QED) is 0.658. The molecule has 0 spiro atoms. The SMILES string of the molecule is COc1ccccc1CN1CCC(O)(c2ccc3c(c2)CN(C2CCC(=O)NC2=O)C3=O)CC1. The van der Waals surface area contributed by atoms with Crippen molar-refractivity contribution in [2.24, 2.45) is 0 Å². The predicted octanol–water partition coefficient (Wildman–Crippen LogP) is 1.94. The van der Waals surface area contributed by atoms with Crippen LogP contribution in [0.4, 0.5) is 0 Å². The minimum Gasteiger partial charge on any atom is -0.496 e. The van der Waals surface area contributed by atoms with Gasteiger partial charge in [-0.25, -0.2) is 0 Å². The van der Waals surface area contributed by atoms with Gasteiger partial charge in [0.2, 0.25) is 11.8 Å². The van der Waals surface area contributed by atoms with E-state index in [1.807, 2.05) is 30.3 Å². The standard InChI is InChI=1S/C26H29N3O5/c1-34-22-5-3-2-4-17(22)15-28-12-10-26(33,11-13-28)19-6-7-20-18(14-19)16-29(25(20)32)21-8-9-23(30)27-24(21)31/h2-7,14,21,33H,8-13,15-16H2,1H3,(H,27,30,31). The Morgan fingerprint density at radius 1 is 1.12 bits per heavy atom. The van der Waals surface area contributed by atoms with Gasteiger partial charge in [0.25, 0.3) is 5.91 Å². The summed E-state index contributed by atoms with van der Waals surface area (Å²) in [4.78, 5) is 40.5. The number of imide groups is 1. The zero-order chi connectivity index (χ0) is 23.9. The second-order valence-electron chi connectivity index (χ2n) is 9.39. The van der Waals surface area contributed by atoms with Crippen LogP contribution in [0.3, 0.4) is 0 Å². The van der Waals surface area contributed by atoms with Crippen LogP contribution < -0.4 is 10.1 Å². The molecule has 0 aromatic heterocycles. The van der Waals surface area contributed by atoms with E-state index in [4.69, 9.17) is 4.74 Å². The van der Waals surface area contributed by atoms with Crippen molar-refractivity contribution in [3.8, 4) is 5.75 Å². The largest absolute Gasteiger partial charge is 0.496 e. The summed E-state index contributed by atoms with van der Waals surface area (Å²) >= 11 is 0. The molecule has 2 aromatic carbocycles. The number of hydrogen-bond donors (Lipinski definition) is 2. The number of methoxy groups -OCH3 is 1. The van der Waals surface area contributed by atoms with Crippen LogP contribution >= 0.6 is 0 Å². The van der Waals surface area contributed by atoms with E-state index in [1.54, 1.807) is 13.2 Å². The van der Waals surface area contributed by atoms with Crippen molar-refractivity contribution in [1.82, 2.24) is 15.1 Å². The summed E-state index contributed by atoms with van der Waals surface area (Å²) in [6.07, 6.45) is 1.74. The molecule has 3 aliphatic rings. The Bertz CT molecular complexity index is 1140. The topological polar surface area (TPSA) is 99.2 Å². The number of hydrogen-bond acceptors (Lipinski definition) is 6. The van der Waals surface area contributed by atoms with Gasteiger partial charge in [0.05, 0.1) is 12.7 Å². The van der Waals surface area contributed by atoms with Crippen molar-refractivity contribution in [3.05, 3.63) is 64.7 Å². The number of fused-ring (bicyclic) bond motifs is 1. The predicted molar refractivity (Wildman–Crippen MR) is 124 cm³/mol. The Morgan fingerprint density at radius 2 is 1.88 bits per heavy atom. The molecule has 5 rings (SSSR count). The third kappa shape index (κ3) is 4.08. The van der Waals surface area contributed by atoms with Crippen molar-refractivity contribution >= 4 is 17.7 Å². The first kappa shape index (κ1) is 22.6. The van der Waals surface area contributed by atoms with Crippen LogP contribution in [0.25, 0.3) is 0 Å². The molecule has 3 amide bonds. The van der Waals surface area contributed by atoms with Gasteiger partial charge in [-0.3, -0.25) is 24.6 Å². The summed E-state index contributed by atoms with van der Waals surface area (Å²) in [6, 6.07) is 12.8. The first-order valence-corrected chi connectivity index (χ1v) is 11.7. The number of benzene rings is 2. The van der Waals surface area contributed by atoms with Crippen molar-refractivity contribution in [1.29, 1.82) is 0 Å². The van der Waals surface area contributed by atoms with E-state index in [0.29, 0.717) is 31.4 Å². The zero-order valence-corrected chi connectivity index (χ0v) is 19.3. The second-order valence-corrected chi connectivity index (χ2v) is 9.39. The number of amides is 3. The third-order valence-electron chi connectivity index (χ3n) is 7.33. The maximum atomic E-state index is 12.9. The van der Waals surface area contributed by atoms with E-state index in [2.05, 4.69) is 16.3 Å². The lowest BCUT2D eigenvalue weighted by molar-refractivity contribution is -0.136. The number of carbonyl (C=O) groups is 3. The minimum atomic E-state index is -0.961. The lowest BCUT2D eigenvalue weighted by Crippen LogP contribution is -2.52. The van der Waals surface area contributed by atoms with Crippen LogP contribution in [-0.4, -0.2) is 58.9 Å². The van der Waals surface area contributed by atoms with Gasteiger partial charge in [-0.1, -0.05) is 30.3 Å². The van der Waals surface area contributed by atoms with Gasteiger partial charge >= 0.3 is 0 Å². The fourth-order valence-corrected chi connectivity index (χ4v) is 5.31. The lowest BCUT2D eigenvalue weighted by atomic mass is 9.83. The summed E-state index contributed by atoms with van der Waals surface area (Å²) in [7, 11) is 1.67. The van der Waals surface area contributed by atoms with Gasteiger partial charge in [0, 0.05) is 43.7 Å². The Morgan fingerprint density at radius 3 is 2.62 bits per heavy atom. The monoisotopic (exact) mass is 463 g/mol. The molecule has 3 aliphatic heterocycles. The van der Waals surface area contributed by atoms with E-state index < -0.39 is 17.6 Å². The van der Waals surface area contributed by atoms with Crippen LogP contribution in [-0.2, 0) is 28.3 Å². The van der Waals surface area contributed by atoms with Gasteiger partial charge < -0.3 is 14.7 Å². The summed E-state index contributed by atoms with van der Waals surface area (Å²) in [6.45, 7) is 2.56. The molecule has 34 heavy (non-hydrogen) atoms. The molecule has 1 atom stereocenters. The summed E-state index contributed by atoms with van der Waals surface area (Å²) < 4.78 is 5.46. The molecule has 0 bridgehead atoms. The Hall–Kier alpha value is -3.23. The summed E-state index contributed by atoms with van der Waals surface area (Å²) in [5, 5.41) is 13.8. The van der Waals surface area contributed by atoms with E-state index >= 15 is 0 Å². The Labute approximate surface area is 198 Å². The third-order valence-corrected chi connectivity index (χ3v) is 7.33. The van der Waals surface area contributed by atoms with Crippen molar-refractivity contribution in [2.75, 3.05) is 20.2 Å². The Balaban J connectivity index is 1.27.